The van der Waals surface area contributed by atoms with Crippen molar-refractivity contribution in [2.24, 2.45) is 5.16 Å². The van der Waals surface area contributed by atoms with Crippen molar-refractivity contribution in [2.75, 3.05) is 32.7 Å². The molecule has 1 aromatic carbocycles. The van der Waals surface area contributed by atoms with Crippen LogP contribution < -0.4 is 0 Å². The molecular formula is C17H22FN3O2. The molecule has 0 aliphatic carbocycles. The third-order valence-electron chi connectivity index (χ3n) is 4.58. The number of halogens is 1. The van der Waals surface area contributed by atoms with Crippen LogP contribution in [0.25, 0.3) is 0 Å². The smallest absolute Gasteiger partial charge is 0.269 e. The van der Waals surface area contributed by atoms with Gasteiger partial charge in [-0.1, -0.05) is 24.2 Å². The summed E-state index contributed by atoms with van der Waals surface area (Å²) in [5.41, 5.74) is 0.292. The molecule has 0 unspecified atom stereocenters. The molecule has 0 saturated carbocycles. The second-order valence-electron chi connectivity index (χ2n) is 6.27. The fourth-order valence-electron chi connectivity index (χ4n) is 3.08. The molecule has 23 heavy (non-hydrogen) atoms. The Bertz CT molecular complexity index is 626. The molecule has 1 aromatic rings. The molecule has 3 rings (SSSR count). The van der Waals surface area contributed by atoms with Crippen LogP contribution in [0.4, 0.5) is 4.39 Å². The zero-order valence-electron chi connectivity index (χ0n) is 13.6. The topological polar surface area (TPSA) is 45.1 Å². The number of carbonyl (C=O) groups is 1. The van der Waals surface area contributed by atoms with Crippen LogP contribution in [-0.2, 0) is 9.63 Å². The van der Waals surface area contributed by atoms with Gasteiger partial charge in [-0.15, -0.1) is 0 Å². The van der Waals surface area contributed by atoms with E-state index in [9.17, 15) is 9.18 Å². The highest BCUT2D eigenvalue weighted by molar-refractivity contribution is 6.05. The Balaban J connectivity index is 1.66. The van der Waals surface area contributed by atoms with Crippen molar-refractivity contribution in [2.45, 2.75) is 25.9 Å². The van der Waals surface area contributed by atoms with E-state index in [2.05, 4.69) is 17.0 Å². The molecule has 0 radical (unpaired) electrons. The van der Waals surface area contributed by atoms with E-state index < -0.39 is 5.60 Å². The molecule has 2 aliphatic rings. The number of carbonyl (C=O) groups excluding carboxylic acids is 1. The first-order valence-corrected chi connectivity index (χ1v) is 8.04. The van der Waals surface area contributed by atoms with E-state index in [-0.39, 0.29) is 11.7 Å². The van der Waals surface area contributed by atoms with Crippen LogP contribution in [0.1, 0.15) is 25.8 Å². The molecular weight excluding hydrogens is 297 g/mol. The molecule has 0 spiro atoms. The minimum absolute atomic E-state index is 0.0385. The largest absolute Gasteiger partial charge is 0.379 e. The monoisotopic (exact) mass is 319 g/mol. The van der Waals surface area contributed by atoms with Gasteiger partial charge in [0.1, 0.15) is 5.82 Å². The van der Waals surface area contributed by atoms with Crippen LogP contribution in [-0.4, -0.2) is 59.7 Å². The normalized spacial score (nSPS) is 25.2. The van der Waals surface area contributed by atoms with Crippen molar-refractivity contribution in [3.05, 3.63) is 35.6 Å². The number of amides is 1. The summed E-state index contributed by atoms with van der Waals surface area (Å²) in [4.78, 5) is 22.4. The van der Waals surface area contributed by atoms with Gasteiger partial charge < -0.3 is 14.6 Å². The lowest BCUT2D eigenvalue weighted by atomic mass is 9.94. The molecule has 1 saturated heterocycles. The summed E-state index contributed by atoms with van der Waals surface area (Å²) in [7, 11) is 0. The predicted molar refractivity (Wildman–Crippen MR) is 85.7 cm³/mol. The van der Waals surface area contributed by atoms with Crippen LogP contribution >= 0.6 is 0 Å². The van der Waals surface area contributed by atoms with Gasteiger partial charge in [-0.05, 0) is 25.6 Å². The molecule has 1 fully saturated rings. The highest BCUT2D eigenvalue weighted by Gasteiger charge is 2.45. The van der Waals surface area contributed by atoms with Gasteiger partial charge in [0.05, 0.1) is 5.71 Å². The van der Waals surface area contributed by atoms with Gasteiger partial charge in [0, 0.05) is 38.2 Å². The van der Waals surface area contributed by atoms with E-state index in [1.165, 1.54) is 12.1 Å². The third kappa shape index (κ3) is 3.22. The lowest BCUT2D eigenvalue weighted by Crippen LogP contribution is -2.54. The fraction of sp³-hybridized carbons (Fsp3) is 0.529. The molecule has 5 nitrogen and oxygen atoms in total. The summed E-state index contributed by atoms with van der Waals surface area (Å²) in [6.07, 6.45) is 0.364. The van der Waals surface area contributed by atoms with E-state index >= 15 is 0 Å². The van der Waals surface area contributed by atoms with Gasteiger partial charge in [-0.2, -0.15) is 0 Å². The SMILES string of the molecule is CCN1CCN(C(=O)[C@]2(C)CC(c3cccc(F)c3)=NO2)CC1. The standard InChI is InChI=1S/C17H22FN3O2/c1-3-20-7-9-21(10-8-20)16(22)17(2)12-15(19-23-17)13-5-4-6-14(18)11-13/h4-6,11H,3,7-10,12H2,1-2H3/t17-/m0/s1. The summed E-state index contributed by atoms with van der Waals surface area (Å²) in [5.74, 6) is -0.357. The zero-order valence-corrected chi connectivity index (χ0v) is 13.6. The third-order valence-corrected chi connectivity index (χ3v) is 4.58. The number of piperazine rings is 1. The summed E-state index contributed by atoms with van der Waals surface area (Å²) >= 11 is 0. The maximum absolute atomic E-state index is 13.4. The van der Waals surface area contributed by atoms with Crippen LogP contribution in [0, 0.1) is 5.82 Å². The Morgan fingerprint density at radius 2 is 2.09 bits per heavy atom. The average Bonchev–Trinajstić information content (AvgIpc) is 2.98. The summed E-state index contributed by atoms with van der Waals surface area (Å²) in [6, 6.07) is 6.21. The lowest BCUT2D eigenvalue weighted by Gasteiger charge is -2.37. The molecule has 124 valence electrons. The Morgan fingerprint density at radius 3 is 2.74 bits per heavy atom. The number of oxime groups is 1. The summed E-state index contributed by atoms with van der Waals surface area (Å²) < 4.78 is 13.4. The first-order valence-electron chi connectivity index (χ1n) is 8.04. The number of likely N-dealkylation sites (N-methyl/N-ethyl adjacent to an activating group) is 1. The second kappa shape index (κ2) is 6.28. The van der Waals surface area contributed by atoms with E-state index in [1.54, 1.807) is 19.1 Å². The number of hydrogen-bond acceptors (Lipinski definition) is 4. The fourth-order valence-corrected chi connectivity index (χ4v) is 3.08. The first kappa shape index (κ1) is 15.9. The van der Waals surface area contributed by atoms with Crippen molar-refractivity contribution in [1.82, 2.24) is 9.80 Å². The number of nitrogens with zero attached hydrogens (tertiary/aromatic N) is 3. The van der Waals surface area contributed by atoms with Crippen LogP contribution in [0.5, 0.6) is 0 Å². The summed E-state index contributed by atoms with van der Waals surface area (Å²) in [5, 5.41) is 4.04. The Morgan fingerprint density at radius 1 is 1.35 bits per heavy atom. The molecule has 2 aliphatic heterocycles. The van der Waals surface area contributed by atoms with Gasteiger partial charge in [0.15, 0.2) is 0 Å². The maximum atomic E-state index is 13.4. The zero-order chi connectivity index (χ0) is 16.4. The molecule has 0 bridgehead atoms. The molecule has 0 aromatic heterocycles. The molecule has 6 heteroatoms. The number of rotatable bonds is 3. The van der Waals surface area contributed by atoms with Crippen molar-refractivity contribution >= 4 is 11.6 Å². The average molecular weight is 319 g/mol. The number of benzene rings is 1. The van der Waals surface area contributed by atoms with E-state index in [4.69, 9.17) is 4.84 Å². The molecule has 1 atom stereocenters. The van der Waals surface area contributed by atoms with Crippen LogP contribution in [0.2, 0.25) is 0 Å². The summed E-state index contributed by atoms with van der Waals surface area (Å²) in [6.45, 7) is 8.08. The van der Waals surface area contributed by atoms with Gasteiger partial charge in [0.2, 0.25) is 5.60 Å². The highest BCUT2D eigenvalue weighted by atomic mass is 19.1. The highest BCUT2D eigenvalue weighted by Crippen LogP contribution is 2.29. The minimum atomic E-state index is -0.990. The molecule has 0 N–H and O–H groups in total. The Hall–Kier alpha value is -1.95. The Kier molecular flexibility index (Phi) is 4.35. The van der Waals surface area contributed by atoms with Crippen molar-refractivity contribution in [1.29, 1.82) is 0 Å². The van der Waals surface area contributed by atoms with Gasteiger partial charge in [-0.25, -0.2) is 4.39 Å². The van der Waals surface area contributed by atoms with Crippen molar-refractivity contribution in [3.63, 3.8) is 0 Å². The van der Waals surface area contributed by atoms with Gasteiger partial charge >= 0.3 is 0 Å². The second-order valence-corrected chi connectivity index (χ2v) is 6.27. The van der Waals surface area contributed by atoms with E-state index in [0.717, 1.165) is 19.6 Å². The van der Waals surface area contributed by atoms with Gasteiger partial charge in [-0.3, -0.25) is 4.79 Å². The van der Waals surface area contributed by atoms with Crippen molar-refractivity contribution < 1.29 is 14.0 Å². The number of hydrogen-bond donors (Lipinski definition) is 0. The predicted octanol–water partition coefficient (Wildman–Crippen LogP) is 1.87. The maximum Gasteiger partial charge on any atom is 0.269 e. The van der Waals surface area contributed by atoms with Crippen LogP contribution in [0.15, 0.2) is 29.4 Å². The van der Waals surface area contributed by atoms with E-state index in [0.29, 0.717) is 30.8 Å². The van der Waals surface area contributed by atoms with Crippen LogP contribution in [0.3, 0.4) is 0 Å². The lowest BCUT2D eigenvalue weighted by molar-refractivity contribution is -0.155. The van der Waals surface area contributed by atoms with Gasteiger partial charge in [0.25, 0.3) is 5.91 Å². The molecule has 1 amide bonds. The first-order chi connectivity index (χ1) is 11.0. The quantitative estimate of drug-likeness (QED) is 0.854. The van der Waals surface area contributed by atoms with Crippen molar-refractivity contribution in [3.8, 4) is 0 Å². The van der Waals surface area contributed by atoms with E-state index in [1.807, 2.05) is 4.90 Å². The molecule has 2 heterocycles. The Labute approximate surface area is 135 Å². The minimum Gasteiger partial charge on any atom is -0.379 e.